The minimum absolute atomic E-state index is 0.0173. The molecule has 1 aliphatic heterocycles. The summed E-state index contributed by atoms with van der Waals surface area (Å²) in [4.78, 5) is 49.3. The number of amides is 3. The molecule has 4 rings (SSSR count). The van der Waals surface area contributed by atoms with Crippen LogP contribution in [0.4, 0.5) is 16.2 Å². The maximum absolute atomic E-state index is 12.9. The zero-order chi connectivity index (χ0) is 26.5. The SMILES string of the molecule is Cc1ccc(NC(=O)CN2C(=O)S/C(=C\c3cc(Br)ccc3OCc3ccc([N+](=O)[O-])cc3)C2=O)cc1. The number of nitrogens with one attached hydrogen (secondary N) is 1. The van der Waals surface area contributed by atoms with Crippen LogP contribution in [0, 0.1) is 17.0 Å². The molecule has 0 unspecified atom stereocenters. The van der Waals surface area contributed by atoms with Gasteiger partial charge < -0.3 is 10.1 Å². The van der Waals surface area contributed by atoms with Crippen molar-refractivity contribution in [3.8, 4) is 5.75 Å². The van der Waals surface area contributed by atoms with Crippen LogP contribution in [0.3, 0.4) is 0 Å². The molecule has 1 fully saturated rings. The summed E-state index contributed by atoms with van der Waals surface area (Å²) in [6.07, 6.45) is 1.54. The highest BCUT2D eigenvalue weighted by molar-refractivity contribution is 9.10. The van der Waals surface area contributed by atoms with E-state index in [2.05, 4.69) is 21.2 Å². The number of nitro benzene ring substituents is 1. The van der Waals surface area contributed by atoms with Crippen molar-refractivity contribution in [3.63, 3.8) is 0 Å². The number of nitrogens with zero attached hydrogens (tertiary/aromatic N) is 2. The first-order chi connectivity index (χ1) is 17.7. The number of ether oxygens (including phenoxy) is 1. The van der Waals surface area contributed by atoms with Gasteiger partial charge in [0.15, 0.2) is 0 Å². The van der Waals surface area contributed by atoms with Crippen LogP contribution in [0.15, 0.2) is 76.1 Å². The Morgan fingerprint density at radius 1 is 1.11 bits per heavy atom. The van der Waals surface area contributed by atoms with E-state index in [0.29, 0.717) is 17.0 Å². The van der Waals surface area contributed by atoms with Crippen molar-refractivity contribution in [3.05, 3.63) is 103 Å². The molecule has 0 bridgehead atoms. The third-order valence-corrected chi connectivity index (χ3v) is 6.71. The molecule has 3 amide bonds. The highest BCUT2D eigenvalue weighted by atomic mass is 79.9. The van der Waals surface area contributed by atoms with Crippen molar-refractivity contribution >= 4 is 62.2 Å². The van der Waals surface area contributed by atoms with E-state index in [0.717, 1.165) is 32.3 Å². The Balaban J connectivity index is 1.46. The highest BCUT2D eigenvalue weighted by Crippen LogP contribution is 2.35. The van der Waals surface area contributed by atoms with Crippen molar-refractivity contribution in [2.75, 3.05) is 11.9 Å². The number of carbonyl (C=O) groups excluding carboxylic acids is 3. The number of halogens is 1. The lowest BCUT2D eigenvalue weighted by Gasteiger charge is -2.13. The van der Waals surface area contributed by atoms with E-state index < -0.39 is 28.5 Å². The second-order valence-corrected chi connectivity index (χ2v) is 9.99. The fraction of sp³-hybridized carbons (Fsp3) is 0.115. The number of imide groups is 1. The number of hydrogen-bond acceptors (Lipinski definition) is 7. The molecule has 11 heteroatoms. The van der Waals surface area contributed by atoms with Gasteiger partial charge in [-0.15, -0.1) is 0 Å². The Morgan fingerprint density at radius 2 is 1.81 bits per heavy atom. The second kappa shape index (κ2) is 11.4. The molecule has 3 aromatic carbocycles. The summed E-state index contributed by atoms with van der Waals surface area (Å²) in [6.45, 7) is 1.66. The number of non-ortho nitro benzene ring substituents is 1. The van der Waals surface area contributed by atoms with Gasteiger partial charge in [-0.25, -0.2) is 0 Å². The van der Waals surface area contributed by atoms with Gasteiger partial charge in [0, 0.05) is 27.9 Å². The molecule has 1 saturated heterocycles. The topological polar surface area (TPSA) is 119 Å². The van der Waals surface area contributed by atoms with Crippen LogP contribution in [-0.2, 0) is 16.2 Å². The van der Waals surface area contributed by atoms with Crippen molar-refractivity contribution in [1.29, 1.82) is 0 Å². The maximum atomic E-state index is 12.9. The van der Waals surface area contributed by atoms with Crippen LogP contribution in [0.5, 0.6) is 5.75 Å². The van der Waals surface area contributed by atoms with E-state index in [9.17, 15) is 24.5 Å². The van der Waals surface area contributed by atoms with E-state index in [4.69, 9.17) is 4.74 Å². The molecule has 1 N–H and O–H groups in total. The number of anilines is 1. The van der Waals surface area contributed by atoms with Gasteiger partial charge in [-0.1, -0.05) is 33.6 Å². The lowest BCUT2D eigenvalue weighted by Crippen LogP contribution is -2.36. The largest absolute Gasteiger partial charge is 0.488 e. The Morgan fingerprint density at radius 3 is 2.49 bits per heavy atom. The molecule has 0 aromatic heterocycles. The molecule has 9 nitrogen and oxygen atoms in total. The van der Waals surface area contributed by atoms with Gasteiger partial charge in [0.2, 0.25) is 5.91 Å². The number of carbonyl (C=O) groups is 3. The summed E-state index contributed by atoms with van der Waals surface area (Å²) in [5.74, 6) is -0.609. The van der Waals surface area contributed by atoms with Gasteiger partial charge in [-0.05, 0) is 72.8 Å². The standard InChI is InChI=1S/C26H20BrN3O6S/c1-16-2-7-20(8-3-16)28-24(31)14-29-25(32)23(37-26(29)33)13-18-12-19(27)6-11-22(18)36-15-17-4-9-21(10-5-17)30(34)35/h2-13H,14-15H2,1H3,(H,28,31)/b23-13-. The smallest absolute Gasteiger partial charge is 0.294 e. The average molecular weight is 582 g/mol. The van der Waals surface area contributed by atoms with Crippen molar-refractivity contribution in [2.45, 2.75) is 13.5 Å². The van der Waals surface area contributed by atoms with Crippen LogP contribution in [-0.4, -0.2) is 33.4 Å². The zero-order valence-electron chi connectivity index (χ0n) is 19.5. The van der Waals surface area contributed by atoms with Gasteiger partial charge >= 0.3 is 0 Å². The number of aryl methyl sites for hydroxylation is 1. The van der Waals surface area contributed by atoms with Crippen LogP contribution in [0.1, 0.15) is 16.7 Å². The number of benzene rings is 3. The minimum Gasteiger partial charge on any atom is -0.488 e. The Hall–Kier alpha value is -3.96. The second-order valence-electron chi connectivity index (χ2n) is 8.08. The third-order valence-electron chi connectivity index (χ3n) is 5.31. The molecule has 3 aromatic rings. The van der Waals surface area contributed by atoms with Crippen LogP contribution in [0.25, 0.3) is 6.08 Å². The van der Waals surface area contributed by atoms with Gasteiger partial charge in [0.1, 0.15) is 18.9 Å². The van der Waals surface area contributed by atoms with Gasteiger partial charge in [-0.2, -0.15) is 0 Å². The molecule has 1 aliphatic rings. The Kier molecular flexibility index (Phi) is 8.04. The van der Waals surface area contributed by atoms with Gasteiger partial charge in [-0.3, -0.25) is 29.4 Å². The molecule has 0 saturated carbocycles. The van der Waals surface area contributed by atoms with E-state index in [-0.39, 0.29) is 17.2 Å². The van der Waals surface area contributed by atoms with Crippen molar-refractivity contribution in [1.82, 2.24) is 4.90 Å². The van der Waals surface area contributed by atoms with Gasteiger partial charge in [0.25, 0.3) is 16.8 Å². The number of hydrogen-bond donors (Lipinski definition) is 1. The molecule has 0 radical (unpaired) electrons. The quantitative estimate of drug-likeness (QED) is 0.199. The summed E-state index contributed by atoms with van der Waals surface area (Å²) in [6, 6.07) is 18.4. The molecule has 0 aliphatic carbocycles. The highest BCUT2D eigenvalue weighted by Gasteiger charge is 2.36. The van der Waals surface area contributed by atoms with E-state index >= 15 is 0 Å². The monoisotopic (exact) mass is 581 g/mol. The normalized spacial score (nSPS) is 14.2. The molecule has 0 spiro atoms. The van der Waals surface area contributed by atoms with E-state index in [1.807, 2.05) is 19.1 Å². The van der Waals surface area contributed by atoms with Crippen LogP contribution in [0.2, 0.25) is 0 Å². The van der Waals surface area contributed by atoms with Crippen molar-refractivity contribution < 1.29 is 24.0 Å². The van der Waals surface area contributed by atoms with E-state index in [1.54, 1.807) is 48.5 Å². The van der Waals surface area contributed by atoms with Crippen LogP contribution >= 0.6 is 27.7 Å². The van der Waals surface area contributed by atoms with Crippen molar-refractivity contribution in [2.24, 2.45) is 0 Å². The summed E-state index contributed by atoms with van der Waals surface area (Å²) in [7, 11) is 0. The predicted molar refractivity (Wildman–Crippen MR) is 144 cm³/mol. The van der Waals surface area contributed by atoms with Crippen LogP contribution < -0.4 is 10.1 Å². The number of rotatable bonds is 8. The third kappa shape index (κ3) is 6.63. The molecular formula is C26H20BrN3O6S. The molecule has 1 heterocycles. The average Bonchev–Trinajstić information content (AvgIpc) is 3.12. The Labute approximate surface area is 224 Å². The molecule has 37 heavy (non-hydrogen) atoms. The fourth-order valence-electron chi connectivity index (χ4n) is 3.40. The first-order valence-corrected chi connectivity index (χ1v) is 12.6. The lowest BCUT2D eigenvalue weighted by atomic mass is 10.1. The first-order valence-electron chi connectivity index (χ1n) is 11.0. The van der Waals surface area contributed by atoms with E-state index in [1.165, 1.54) is 12.1 Å². The predicted octanol–water partition coefficient (Wildman–Crippen LogP) is 5.92. The lowest BCUT2D eigenvalue weighted by molar-refractivity contribution is -0.384. The summed E-state index contributed by atoms with van der Waals surface area (Å²) in [5.41, 5.74) is 2.86. The minimum atomic E-state index is -0.574. The molecular weight excluding hydrogens is 562 g/mol. The zero-order valence-corrected chi connectivity index (χ0v) is 21.9. The summed E-state index contributed by atoms with van der Waals surface area (Å²) >= 11 is 4.14. The van der Waals surface area contributed by atoms with Gasteiger partial charge in [0.05, 0.1) is 9.83 Å². The summed E-state index contributed by atoms with van der Waals surface area (Å²) < 4.78 is 6.63. The maximum Gasteiger partial charge on any atom is 0.294 e. The summed E-state index contributed by atoms with van der Waals surface area (Å²) in [5, 5.41) is 13.0. The molecule has 0 atom stereocenters. The number of nitro groups is 1. The fourth-order valence-corrected chi connectivity index (χ4v) is 4.61. The first kappa shape index (κ1) is 26.1. The number of thioether (sulfide) groups is 1. The Bertz CT molecular complexity index is 1410. The molecule has 188 valence electrons.